The molecule has 0 spiro atoms. The molecule has 0 saturated heterocycles. The van der Waals surface area contributed by atoms with E-state index >= 15 is 0 Å². The number of rotatable bonds is 2. The Hall–Kier alpha value is -0.520. The first-order valence-electron chi connectivity index (χ1n) is 6.51. The van der Waals surface area contributed by atoms with E-state index in [2.05, 4.69) is 32.2 Å². The first kappa shape index (κ1) is 9.69. The van der Waals surface area contributed by atoms with E-state index in [0.29, 0.717) is 0 Å². The van der Waals surface area contributed by atoms with Crippen molar-refractivity contribution >= 4 is 0 Å². The predicted octanol–water partition coefficient (Wildman–Crippen LogP) is 3.90. The van der Waals surface area contributed by atoms with Crippen LogP contribution < -0.4 is 0 Å². The summed E-state index contributed by atoms with van der Waals surface area (Å²) in [6, 6.07) is 0. The molecule has 3 rings (SSSR count). The summed E-state index contributed by atoms with van der Waals surface area (Å²) in [5.41, 5.74) is 0. The zero-order valence-corrected chi connectivity index (χ0v) is 9.73. The highest BCUT2D eigenvalue weighted by molar-refractivity contribution is 5.13. The van der Waals surface area contributed by atoms with Crippen molar-refractivity contribution in [2.24, 2.45) is 41.4 Å². The molecule has 0 radical (unpaired) electrons. The molecule has 0 nitrogen and oxygen atoms in total. The molecule has 0 aromatic heterocycles. The molecule has 3 fully saturated rings. The van der Waals surface area contributed by atoms with E-state index in [0.717, 1.165) is 41.4 Å². The molecule has 7 unspecified atom stereocenters. The largest absolute Gasteiger partial charge is 0.103 e. The van der Waals surface area contributed by atoms with E-state index in [1.54, 1.807) is 0 Å². The van der Waals surface area contributed by atoms with Gasteiger partial charge < -0.3 is 0 Å². The lowest BCUT2D eigenvalue weighted by Gasteiger charge is -2.33. The maximum atomic E-state index is 4.05. The van der Waals surface area contributed by atoms with Crippen molar-refractivity contribution in [2.75, 3.05) is 0 Å². The fourth-order valence-corrected chi connectivity index (χ4v) is 5.15. The van der Waals surface area contributed by atoms with Crippen molar-refractivity contribution in [3.05, 3.63) is 25.3 Å². The van der Waals surface area contributed by atoms with Crippen LogP contribution in [0.15, 0.2) is 25.3 Å². The fourth-order valence-electron chi connectivity index (χ4n) is 5.15. The predicted molar refractivity (Wildman–Crippen MR) is 64.3 cm³/mol. The smallest absolute Gasteiger partial charge is 0.0196 e. The SMILES string of the molecule is C=CC1CC(C=C)C2C3CC(CC3C)C12. The average Bonchev–Trinajstić information content (AvgIpc) is 2.85. The third-order valence-corrected chi connectivity index (χ3v) is 5.60. The van der Waals surface area contributed by atoms with Crippen LogP contribution in [-0.2, 0) is 0 Å². The molecule has 7 atom stereocenters. The maximum Gasteiger partial charge on any atom is -0.0196 e. The summed E-state index contributed by atoms with van der Waals surface area (Å²) in [6.45, 7) is 10.5. The molecule has 0 aromatic carbocycles. The molecule has 0 heterocycles. The van der Waals surface area contributed by atoms with Gasteiger partial charge in [0.15, 0.2) is 0 Å². The Labute approximate surface area is 93.5 Å². The van der Waals surface area contributed by atoms with Crippen molar-refractivity contribution < 1.29 is 0 Å². The third kappa shape index (κ3) is 1.14. The van der Waals surface area contributed by atoms with E-state index in [4.69, 9.17) is 0 Å². The van der Waals surface area contributed by atoms with Crippen LogP contribution in [0.5, 0.6) is 0 Å². The molecule has 0 amide bonds. The van der Waals surface area contributed by atoms with Crippen LogP contribution in [0.3, 0.4) is 0 Å². The average molecular weight is 202 g/mol. The van der Waals surface area contributed by atoms with Crippen LogP contribution in [-0.4, -0.2) is 0 Å². The van der Waals surface area contributed by atoms with E-state index in [9.17, 15) is 0 Å². The number of allylic oxidation sites excluding steroid dienone is 2. The molecule has 3 aliphatic rings. The summed E-state index contributed by atoms with van der Waals surface area (Å²) in [7, 11) is 0. The minimum atomic E-state index is 0.788. The third-order valence-electron chi connectivity index (χ3n) is 5.60. The Morgan fingerprint density at radius 1 is 0.933 bits per heavy atom. The highest BCUT2D eigenvalue weighted by Crippen LogP contribution is 2.64. The fraction of sp³-hybridized carbons (Fsp3) is 0.733. The molecular weight excluding hydrogens is 180 g/mol. The van der Waals surface area contributed by atoms with Crippen LogP contribution in [0, 0.1) is 41.4 Å². The minimum absolute atomic E-state index is 0.788. The molecule has 2 bridgehead atoms. The monoisotopic (exact) mass is 202 g/mol. The molecule has 3 saturated carbocycles. The Balaban J connectivity index is 1.93. The van der Waals surface area contributed by atoms with E-state index in [-0.39, 0.29) is 0 Å². The van der Waals surface area contributed by atoms with E-state index in [1.807, 2.05) is 0 Å². The lowest BCUT2D eigenvalue weighted by Crippen LogP contribution is -2.27. The highest BCUT2D eigenvalue weighted by Gasteiger charge is 2.57. The lowest BCUT2D eigenvalue weighted by molar-refractivity contribution is 0.167. The molecule has 0 heteroatoms. The maximum absolute atomic E-state index is 4.05. The van der Waals surface area contributed by atoms with Crippen molar-refractivity contribution in [3.63, 3.8) is 0 Å². The summed E-state index contributed by atoms with van der Waals surface area (Å²) >= 11 is 0. The Kier molecular flexibility index (Phi) is 2.09. The standard InChI is InChI=1S/C15H22/c1-4-10-7-11(5-2)15-13-8-12(14(10)15)6-9(13)3/h4-5,9-15H,1-2,6-8H2,3H3. The normalized spacial score (nSPS) is 56.7. The van der Waals surface area contributed by atoms with Crippen LogP contribution in [0.2, 0.25) is 0 Å². The van der Waals surface area contributed by atoms with Crippen molar-refractivity contribution in [3.8, 4) is 0 Å². The summed E-state index contributed by atoms with van der Waals surface area (Å²) in [6.07, 6.45) is 8.79. The minimum Gasteiger partial charge on any atom is -0.103 e. The molecule has 0 aliphatic heterocycles. The number of fused-ring (bicyclic) bond motifs is 5. The first-order valence-corrected chi connectivity index (χ1v) is 6.51. The van der Waals surface area contributed by atoms with Crippen LogP contribution in [0.25, 0.3) is 0 Å². The molecular formula is C15H22. The molecule has 15 heavy (non-hydrogen) atoms. The van der Waals surface area contributed by atoms with Crippen molar-refractivity contribution in [2.45, 2.75) is 26.2 Å². The molecule has 0 N–H and O–H groups in total. The van der Waals surface area contributed by atoms with Gasteiger partial charge >= 0.3 is 0 Å². The van der Waals surface area contributed by atoms with Gasteiger partial charge in [0, 0.05) is 0 Å². The number of hydrogen-bond acceptors (Lipinski definition) is 0. The molecule has 3 aliphatic carbocycles. The van der Waals surface area contributed by atoms with Crippen LogP contribution in [0.4, 0.5) is 0 Å². The summed E-state index contributed by atoms with van der Waals surface area (Å²) in [4.78, 5) is 0. The summed E-state index contributed by atoms with van der Waals surface area (Å²) < 4.78 is 0. The Morgan fingerprint density at radius 2 is 1.60 bits per heavy atom. The van der Waals surface area contributed by atoms with Gasteiger partial charge in [-0.2, -0.15) is 0 Å². The van der Waals surface area contributed by atoms with Gasteiger partial charge in [-0.15, -0.1) is 13.2 Å². The second-order valence-corrected chi connectivity index (χ2v) is 6.06. The van der Waals surface area contributed by atoms with Gasteiger partial charge in [-0.3, -0.25) is 0 Å². The Morgan fingerprint density at radius 3 is 2.27 bits per heavy atom. The van der Waals surface area contributed by atoms with E-state index < -0.39 is 0 Å². The second-order valence-electron chi connectivity index (χ2n) is 6.06. The van der Waals surface area contributed by atoms with Crippen LogP contribution in [0.1, 0.15) is 26.2 Å². The van der Waals surface area contributed by atoms with Gasteiger partial charge in [0.25, 0.3) is 0 Å². The van der Waals surface area contributed by atoms with Gasteiger partial charge in [-0.1, -0.05) is 19.1 Å². The Bertz CT molecular complexity index is 290. The zero-order valence-electron chi connectivity index (χ0n) is 9.73. The second kappa shape index (κ2) is 3.23. The molecule has 0 aromatic rings. The van der Waals surface area contributed by atoms with Crippen molar-refractivity contribution in [1.82, 2.24) is 0 Å². The van der Waals surface area contributed by atoms with Gasteiger partial charge in [-0.25, -0.2) is 0 Å². The van der Waals surface area contributed by atoms with Gasteiger partial charge in [0.05, 0.1) is 0 Å². The van der Waals surface area contributed by atoms with Gasteiger partial charge in [0.1, 0.15) is 0 Å². The quantitative estimate of drug-likeness (QED) is 0.596. The van der Waals surface area contributed by atoms with Gasteiger partial charge in [0.2, 0.25) is 0 Å². The first-order chi connectivity index (χ1) is 7.26. The number of hydrogen-bond donors (Lipinski definition) is 0. The van der Waals surface area contributed by atoms with Gasteiger partial charge in [-0.05, 0) is 60.7 Å². The van der Waals surface area contributed by atoms with E-state index in [1.165, 1.54) is 19.3 Å². The van der Waals surface area contributed by atoms with Crippen molar-refractivity contribution in [1.29, 1.82) is 0 Å². The summed E-state index contributed by atoms with van der Waals surface area (Å²) in [5.74, 6) is 6.50. The van der Waals surface area contributed by atoms with Crippen LogP contribution >= 0.6 is 0 Å². The zero-order chi connectivity index (χ0) is 10.6. The lowest BCUT2D eigenvalue weighted by atomic mass is 9.72. The summed E-state index contributed by atoms with van der Waals surface area (Å²) in [5, 5.41) is 0. The topological polar surface area (TPSA) is 0 Å². The highest BCUT2D eigenvalue weighted by atomic mass is 14.6. The molecule has 82 valence electrons.